The van der Waals surface area contributed by atoms with Gasteiger partial charge in [-0.3, -0.25) is 14.4 Å². The Morgan fingerprint density at radius 2 is 1.45 bits per heavy atom. The van der Waals surface area contributed by atoms with Crippen molar-refractivity contribution in [3.8, 4) is 11.1 Å². The van der Waals surface area contributed by atoms with Crippen LogP contribution >= 0.6 is 0 Å². The van der Waals surface area contributed by atoms with E-state index in [-0.39, 0.29) is 42.9 Å². The number of carbonyl (C=O) groups excluding carboxylic acids is 2. The molecule has 1 unspecified atom stereocenters. The Bertz CT molecular complexity index is 1840. The molecule has 53 heavy (non-hydrogen) atoms. The third kappa shape index (κ3) is 10.8. The summed E-state index contributed by atoms with van der Waals surface area (Å²) in [6.07, 6.45) is -11.1. The standard InChI is InChI=1S/C39H46F8N2O4/c1-9-53-33(52)17-26(35-36(40)27(18-29(37(35)41)39(45,46)47)34-23(5)14-22(4)15-24(34)6)16-31(50)30(13-21(2)3)49-20-25(11-10-12-48(7)8)28(19-32(49)51)38(42,43)44/h14-15,18-21,26,30H,9-13,16-17H2,1-8H3/t26-,30?/m0/s1. The van der Waals surface area contributed by atoms with Crippen molar-refractivity contribution in [2.45, 2.75) is 98.0 Å². The summed E-state index contributed by atoms with van der Waals surface area (Å²) in [5.41, 5.74) is -4.57. The van der Waals surface area contributed by atoms with Crippen molar-refractivity contribution in [1.29, 1.82) is 0 Å². The van der Waals surface area contributed by atoms with Crippen LogP contribution in [0, 0.1) is 38.3 Å². The van der Waals surface area contributed by atoms with E-state index in [1.807, 2.05) is 0 Å². The number of hydrogen-bond acceptors (Lipinski definition) is 5. The van der Waals surface area contributed by atoms with Crippen molar-refractivity contribution in [2.75, 3.05) is 27.2 Å². The zero-order valence-electron chi connectivity index (χ0n) is 31.1. The molecule has 6 nitrogen and oxygen atoms in total. The molecular formula is C39H46F8N2O4. The Labute approximate surface area is 304 Å². The highest BCUT2D eigenvalue weighted by Gasteiger charge is 2.41. The highest BCUT2D eigenvalue weighted by molar-refractivity contribution is 5.85. The van der Waals surface area contributed by atoms with Gasteiger partial charge >= 0.3 is 18.3 Å². The van der Waals surface area contributed by atoms with Gasteiger partial charge < -0.3 is 14.2 Å². The van der Waals surface area contributed by atoms with Gasteiger partial charge in [-0.15, -0.1) is 0 Å². The zero-order valence-corrected chi connectivity index (χ0v) is 31.1. The van der Waals surface area contributed by atoms with E-state index in [0.29, 0.717) is 29.8 Å². The molecule has 3 rings (SSSR count). The van der Waals surface area contributed by atoms with E-state index in [1.165, 1.54) is 6.92 Å². The molecule has 0 spiro atoms. The van der Waals surface area contributed by atoms with E-state index in [2.05, 4.69) is 0 Å². The quantitative estimate of drug-likeness (QED) is 0.114. The number of esters is 1. The number of ketones is 1. The normalized spacial score (nSPS) is 13.5. The molecule has 3 aromatic rings. The van der Waals surface area contributed by atoms with Crippen molar-refractivity contribution in [3.63, 3.8) is 0 Å². The maximum absolute atomic E-state index is 16.7. The Kier molecular flexibility index (Phi) is 14.2. The van der Waals surface area contributed by atoms with E-state index in [9.17, 15) is 40.7 Å². The minimum absolute atomic E-state index is 0.0665. The second-order valence-electron chi connectivity index (χ2n) is 14.2. The molecular weight excluding hydrogens is 712 g/mol. The van der Waals surface area contributed by atoms with Crippen molar-refractivity contribution in [1.82, 2.24) is 9.47 Å². The zero-order chi connectivity index (χ0) is 40.2. The molecule has 2 atom stereocenters. The fraction of sp³-hybridized carbons (Fsp3) is 0.513. The first-order chi connectivity index (χ1) is 24.5. The molecule has 0 aliphatic heterocycles. The summed E-state index contributed by atoms with van der Waals surface area (Å²) in [5.74, 6) is -7.61. The number of carbonyl (C=O) groups is 2. The van der Waals surface area contributed by atoms with Crippen LogP contribution in [0.4, 0.5) is 35.1 Å². The van der Waals surface area contributed by atoms with E-state index >= 15 is 8.78 Å². The van der Waals surface area contributed by atoms with Gasteiger partial charge in [-0.1, -0.05) is 31.5 Å². The number of alkyl halides is 6. The molecule has 0 radical (unpaired) electrons. The van der Waals surface area contributed by atoms with E-state index in [4.69, 9.17) is 4.74 Å². The van der Waals surface area contributed by atoms with E-state index in [0.717, 1.165) is 16.3 Å². The molecule has 0 fully saturated rings. The lowest BCUT2D eigenvalue weighted by atomic mass is 9.82. The lowest BCUT2D eigenvalue weighted by molar-refractivity contribution is -0.143. The van der Waals surface area contributed by atoms with Crippen LogP contribution in [0.2, 0.25) is 0 Å². The van der Waals surface area contributed by atoms with Crippen LogP contribution in [0.1, 0.15) is 97.4 Å². The monoisotopic (exact) mass is 758 g/mol. The summed E-state index contributed by atoms with van der Waals surface area (Å²) in [6, 6.07) is 2.51. The van der Waals surface area contributed by atoms with Gasteiger partial charge in [0.2, 0.25) is 0 Å². The highest BCUT2D eigenvalue weighted by atomic mass is 19.4. The SMILES string of the molecule is CCOC(=O)C[C@H](CC(=O)C(CC(C)C)n1cc(CCCN(C)C)c(C(F)(F)F)cc1=O)c1c(F)c(-c2c(C)cc(C)cc2C)cc(C(F)(F)F)c1F. The summed E-state index contributed by atoms with van der Waals surface area (Å²) >= 11 is 0. The van der Waals surface area contributed by atoms with Crippen LogP contribution in [0.5, 0.6) is 0 Å². The van der Waals surface area contributed by atoms with Crippen molar-refractivity contribution in [2.24, 2.45) is 5.92 Å². The van der Waals surface area contributed by atoms with Gasteiger partial charge in [0.1, 0.15) is 11.6 Å². The van der Waals surface area contributed by atoms with Crippen LogP contribution in [0.15, 0.2) is 35.3 Å². The fourth-order valence-corrected chi connectivity index (χ4v) is 6.82. The van der Waals surface area contributed by atoms with Crippen molar-refractivity contribution in [3.05, 3.63) is 91.4 Å². The third-order valence-corrected chi connectivity index (χ3v) is 8.98. The topological polar surface area (TPSA) is 68.6 Å². The molecule has 0 saturated carbocycles. The minimum atomic E-state index is -5.32. The average Bonchev–Trinajstić information content (AvgIpc) is 2.99. The molecule has 0 aliphatic carbocycles. The molecule has 292 valence electrons. The summed E-state index contributed by atoms with van der Waals surface area (Å²) in [5, 5.41) is 0. The number of benzene rings is 2. The number of Topliss-reactive ketones (excluding diaryl/α,β-unsaturated/α-hetero) is 1. The molecule has 0 amide bonds. The van der Waals surface area contributed by atoms with Crippen molar-refractivity contribution < 1.29 is 49.4 Å². The Hall–Kier alpha value is -4.07. The fourth-order valence-electron chi connectivity index (χ4n) is 6.82. The van der Waals surface area contributed by atoms with Crippen LogP contribution in [0.25, 0.3) is 11.1 Å². The van der Waals surface area contributed by atoms with Gasteiger partial charge in [-0.25, -0.2) is 8.78 Å². The number of ether oxygens (including phenoxy) is 1. The first-order valence-corrected chi connectivity index (χ1v) is 17.3. The first-order valence-electron chi connectivity index (χ1n) is 17.3. The number of nitrogens with zero attached hydrogens (tertiary/aromatic N) is 2. The number of hydrogen-bond donors (Lipinski definition) is 0. The molecule has 2 aromatic carbocycles. The average molecular weight is 759 g/mol. The largest absolute Gasteiger partial charge is 0.466 e. The second-order valence-corrected chi connectivity index (χ2v) is 14.2. The molecule has 0 saturated heterocycles. The first kappa shape index (κ1) is 43.3. The molecule has 1 aromatic heterocycles. The number of aromatic nitrogens is 1. The Balaban J connectivity index is 2.31. The van der Waals surface area contributed by atoms with Gasteiger partial charge in [0.15, 0.2) is 5.78 Å². The summed E-state index contributed by atoms with van der Waals surface area (Å²) in [4.78, 5) is 42.2. The molecule has 14 heteroatoms. The summed E-state index contributed by atoms with van der Waals surface area (Å²) in [7, 11) is 3.47. The van der Waals surface area contributed by atoms with Crippen LogP contribution in [0.3, 0.4) is 0 Å². The Morgan fingerprint density at radius 1 is 0.868 bits per heavy atom. The second kappa shape index (κ2) is 17.4. The molecule has 0 bridgehead atoms. The minimum Gasteiger partial charge on any atom is -0.466 e. The predicted octanol–water partition coefficient (Wildman–Crippen LogP) is 9.53. The number of pyridine rings is 1. The van der Waals surface area contributed by atoms with Gasteiger partial charge in [-0.2, -0.15) is 26.3 Å². The highest BCUT2D eigenvalue weighted by Crippen LogP contribution is 2.44. The number of halogens is 8. The van der Waals surface area contributed by atoms with Gasteiger partial charge in [0.05, 0.1) is 30.2 Å². The van der Waals surface area contributed by atoms with Gasteiger partial charge in [0, 0.05) is 35.7 Å². The predicted molar refractivity (Wildman–Crippen MR) is 186 cm³/mol. The lowest BCUT2D eigenvalue weighted by Gasteiger charge is -2.27. The summed E-state index contributed by atoms with van der Waals surface area (Å²) < 4.78 is 124. The van der Waals surface area contributed by atoms with Crippen molar-refractivity contribution >= 4 is 11.8 Å². The maximum atomic E-state index is 16.7. The van der Waals surface area contributed by atoms with Crippen LogP contribution in [-0.4, -0.2) is 48.5 Å². The van der Waals surface area contributed by atoms with Gasteiger partial charge in [0.25, 0.3) is 5.56 Å². The third-order valence-electron chi connectivity index (χ3n) is 8.98. The summed E-state index contributed by atoms with van der Waals surface area (Å²) in [6.45, 7) is 9.86. The smallest absolute Gasteiger partial charge is 0.419 e. The van der Waals surface area contributed by atoms with E-state index < -0.39 is 88.4 Å². The molecule has 1 heterocycles. The Morgan fingerprint density at radius 3 is 1.96 bits per heavy atom. The van der Waals surface area contributed by atoms with Gasteiger partial charge in [-0.05, 0) is 102 Å². The lowest BCUT2D eigenvalue weighted by Crippen LogP contribution is -2.33. The molecule has 0 N–H and O–H groups in total. The molecule has 0 aliphatic rings. The van der Waals surface area contributed by atoms with E-state index in [1.54, 1.807) is 65.7 Å². The van der Waals surface area contributed by atoms with Crippen LogP contribution in [-0.2, 0) is 33.1 Å². The van der Waals surface area contributed by atoms with Crippen LogP contribution < -0.4 is 5.56 Å². The maximum Gasteiger partial charge on any atom is 0.419 e. The number of aryl methyl sites for hydroxylation is 4. The number of rotatable bonds is 15.